The van der Waals surface area contributed by atoms with E-state index in [9.17, 15) is 4.79 Å². The predicted molar refractivity (Wildman–Crippen MR) is 116 cm³/mol. The first-order valence-corrected chi connectivity index (χ1v) is 10.3. The van der Waals surface area contributed by atoms with E-state index in [-0.39, 0.29) is 5.56 Å². The second kappa shape index (κ2) is 7.95. The van der Waals surface area contributed by atoms with Crippen molar-refractivity contribution in [3.63, 3.8) is 0 Å². The molecule has 2 aromatic carbocycles. The fourth-order valence-electron chi connectivity index (χ4n) is 3.02. The summed E-state index contributed by atoms with van der Waals surface area (Å²) in [6, 6.07) is 13.0. The molecule has 0 atom stereocenters. The van der Waals surface area contributed by atoms with Crippen molar-refractivity contribution < 1.29 is 4.74 Å². The summed E-state index contributed by atoms with van der Waals surface area (Å²) in [5, 5.41) is 3.66. The van der Waals surface area contributed by atoms with Crippen molar-refractivity contribution >= 4 is 44.8 Å². The number of benzene rings is 2. The molecule has 0 spiro atoms. The van der Waals surface area contributed by atoms with Crippen molar-refractivity contribution in [1.29, 1.82) is 0 Å². The number of fused-ring (bicyclic) bond motifs is 1. The lowest BCUT2D eigenvalue weighted by Crippen LogP contribution is -2.21. The number of ether oxygens (including phenoxy) is 1. The Morgan fingerprint density at radius 3 is 2.64 bits per heavy atom. The van der Waals surface area contributed by atoms with Crippen LogP contribution in [0.25, 0.3) is 21.3 Å². The maximum atomic E-state index is 13.2. The van der Waals surface area contributed by atoms with Crippen LogP contribution in [0.3, 0.4) is 0 Å². The molecule has 4 nitrogen and oxygen atoms in total. The Labute approximate surface area is 175 Å². The zero-order valence-corrected chi connectivity index (χ0v) is 17.3. The molecule has 7 heteroatoms. The second-order valence-corrected chi connectivity index (χ2v) is 7.90. The lowest BCUT2D eigenvalue weighted by molar-refractivity contribution is 0.340. The van der Waals surface area contributed by atoms with E-state index in [1.807, 2.05) is 42.6 Å². The molecular weight excluding hydrogens is 415 g/mol. The number of nitrogens with zero attached hydrogens (tertiary/aromatic N) is 2. The molecule has 0 radical (unpaired) electrons. The molecule has 0 saturated carbocycles. The Bertz CT molecular complexity index is 1200. The molecule has 0 aliphatic carbocycles. The van der Waals surface area contributed by atoms with Gasteiger partial charge in [-0.2, -0.15) is 0 Å². The van der Waals surface area contributed by atoms with E-state index in [1.165, 1.54) is 11.3 Å². The topological polar surface area (TPSA) is 44.1 Å². The third-order valence-corrected chi connectivity index (χ3v) is 5.87. The van der Waals surface area contributed by atoms with Gasteiger partial charge in [0, 0.05) is 21.0 Å². The molecule has 0 aliphatic heterocycles. The van der Waals surface area contributed by atoms with Crippen molar-refractivity contribution in [1.82, 2.24) is 9.55 Å². The first-order valence-electron chi connectivity index (χ1n) is 8.70. The SMILES string of the molecule is CCOc1ccc(-c2csc3ncn(Cc4ccc(Cl)cc4Cl)c(=O)c23)cc1. The van der Waals surface area contributed by atoms with E-state index in [0.717, 1.165) is 22.4 Å². The van der Waals surface area contributed by atoms with Crippen LogP contribution in [0.1, 0.15) is 12.5 Å². The molecule has 0 amide bonds. The van der Waals surface area contributed by atoms with Gasteiger partial charge >= 0.3 is 0 Å². The smallest absolute Gasteiger partial charge is 0.263 e. The van der Waals surface area contributed by atoms with Crippen LogP contribution in [0, 0.1) is 0 Å². The standard InChI is InChI=1S/C21H16Cl2N2O2S/c1-2-27-16-7-4-13(5-8-16)17-11-28-20-19(17)21(26)25(12-24-20)10-14-3-6-15(22)9-18(14)23/h3-9,11-12H,2,10H2,1H3. The Morgan fingerprint density at radius 2 is 1.93 bits per heavy atom. The van der Waals surface area contributed by atoms with Crippen LogP contribution in [-0.2, 0) is 6.54 Å². The van der Waals surface area contributed by atoms with Gasteiger partial charge in [-0.05, 0) is 42.3 Å². The van der Waals surface area contributed by atoms with Crippen LogP contribution >= 0.6 is 34.5 Å². The lowest BCUT2D eigenvalue weighted by Gasteiger charge is -2.09. The Balaban J connectivity index is 1.76. The van der Waals surface area contributed by atoms with Gasteiger partial charge in [-0.3, -0.25) is 9.36 Å². The summed E-state index contributed by atoms with van der Waals surface area (Å²) >= 11 is 13.7. The minimum absolute atomic E-state index is 0.0962. The summed E-state index contributed by atoms with van der Waals surface area (Å²) in [5.41, 5.74) is 2.54. The third kappa shape index (κ3) is 3.65. The number of halogens is 2. The van der Waals surface area contributed by atoms with Gasteiger partial charge in [0.25, 0.3) is 5.56 Å². The van der Waals surface area contributed by atoms with Crippen molar-refractivity contribution in [2.24, 2.45) is 0 Å². The van der Waals surface area contributed by atoms with Crippen molar-refractivity contribution in [2.75, 3.05) is 6.61 Å². The van der Waals surface area contributed by atoms with E-state index >= 15 is 0 Å². The molecule has 0 unspecified atom stereocenters. The number of hydrogen-bond donors (Lipinski definition) is 0. The molecular formula is C21H16Cl2N2O2S. The van der Waals surface area contributed by atoms with Crippen molar-refractivity contribution in [3.8, 4) is 16.9 Å². The zero-order valence-electron chi connectivity index (χ0n) is 15.0. The molecule has 28 heavy (non-hydrogen) atoms. The maximum Gasteiger partial charge on any atom is 0.263 e. The molecule has 0 fully saturated rings. The van der Waals surface area contributed by atoms with Crippen LogP contribution in [-0.4, -0.2) is 16.2 Å². The monoisotopic (exact) mass is 430 g/mol. The average molecular weight is 431 g/mol. The summed E-state index contributed by atoms with van der Waals surface area (Å²) in [7, 11) is 0. The quantitative estimate of drug-likeness (QED) is 0.397. The van der Waals surface area contributed by atoms with E-state index in [4.69, 9.17) is 27.9 Å². The van der Waals surface area contributed by atoms with Crippen LogP contribution < -0.4 is 10.3 Å². The normalized spacial score (nSPS) is 11.1. The van der Waals surface area contributed by atoms with E-state index < -0.39 is 0 Å². The van der Waals surface area contributed by atoms with Crippen LogP contribution in [0.5, 0.6) is 5.75 Å². The van der Waals surface area contributed by atoms with Crippen molar-refractivity contribution in [2.45, 2.75) is 13.5 Å². The van der Waals surface area contributed by atoms with E-state index in [2.05, 4.69) is 4.98 Å². The Kier molecular flexibility index (Phi) is 5.40. The molecule has 2 aromatic heterocycles. The Morgan fingerprint density at radius 1 is 1.14 bits per heavy atom. The highest BCUT2D eigenvalue weighted by atomic mass is 35.5. The molecule has 4 rings (SSSR count). The van der Waals surface area contributed by atoms with Gasteiger partial charge < -0.3 is 4.74 Å². The van der Waals surface area contributed by atoms with Gasteiger partial charge in [-0.15, -0.1) is 11.3 Å². The van der Waals surface area contributed by atoms with Gasteiger partial charge in [-0.25, -0.2) is 4.98 Å². The Hall–Kier alpha value is -2.34. The van der Waals surface area contributed by atoms with Gasteiger partial charge in [-0.1, -0.05) is 41.4 Å². The fraction of sp³-hybridized carbons (Fsp3) is 0.143. The molecule has 0 saturated heterocycles. The summed E-state index contributed by atoms with van der Waals surface area (Å²) < 4.78 is 7.07. The molecule has 0 aliphatic rings. The highest BCUT2D eigenvalue weighted by Crippen LogP contribution is 2.32. The molecule has 2 heterocycles. The predicted octanol–water partition coefficient (Wildman–Crippen LogP) is 5.88. The summed E-state index contributed by atoms with van der Waals surface area (Å²) in [6.45, 7) is 2.89. The third-order valence-electron chi connectivity index (χ3n) is 4.39. The number of thiophene rings is 1. The van der Waals surface area contributed by atoms with E-state index in [1.54, 1.807) is 23.0 Å². The largest absolute Gasteiger partial charge is 0.494 e. The van der Waals surface area contributed by atoms with Gasteiger partial charge in [0.15, 0.2) is 0 Å². The summed E-state index contributed by atoms with van der Waals surface area (Å²) in [4.78, 5) is 18.4. The van der Waals surface area contributed by atoms with Crippen LogP contribution in [0.4, 0.5) is 0 Å². The zero-order chi connectivity index (χ0) is 19.7. The van der Waals surface area contributed by atoms with Gasteiger partial charge in [0.1, 0.15) is 10.6 Å². The minimum Gasteiger partial charge on any atom is -0.494 e. The van der Waals surface area contributed by atoms with E-state index in [0.29, 0.717) is 33.4 Å². The summed E-state index contributed by atoms with van der Waals surface area (Å²) in [6.07, 6.45) is 1.56. The molecule has 0 N–H and O–H groups in total. The minimum atomic E-state index is -0.0962. The van der Waals surface area contributed by atoms with Gasteiger partial charge in [0.05, 0.1) is 24.9 Å². The first-order chi connectivity index (χ1) is 13.6. The fourth-order valence-corrected chi connectivity index (χ4v) is 4.40. The average Bonchev–Trinajstić information content (AvgIpc) is 3.12. The molecule has 0 bridgehead atoms. The molecule has 142 valence electrons. The van der Waals surface area contributed by atoms with Gasteiger partial charge in [0.2, 0.25) is 0 Å². The lowest BCUT2D eigenvalue weighted by atomic mass is 10.1. The highest BCUT2D eigenvalue weighted by molar-refractivity contribution is 7.17. The van der Waals surface area contributed by atoms with Crippen molar-refractivity contribution in [3.05, 3.63) is 80.1 Å². The molecule has 4 aromatic rings. The maximum absolute atomic E-state index is 13.2. The number of aromatic nitrogens is 2. The number of hydrogen-bond acceptors (Lipinski definition) is 4. The van der Waals surface area contributed by atoms with Crippen LogP contribution in [0.15, 0.2) is 59.0 Å². The second-order valence-electron chi connectivity index (χ2n) is 6.20. The first kappa shape index (κ1) is 19.0. The van der Waals surface area contributed by atoms with Crippen LogP contribution in [0.2, 0.25) is 10.0 Å². The highest BCUT2D eigenvalue weighted by Gasteiger charge is 2.14. The summed E-state index contributed by atoms with van der Waals surface area (Å²) in [5.74, 6) is 0.804. The number of rotatable bonds is 5.